The molecule has 0 radical (unpaired) electrons. The third-order valence-corrected chi connectivity index (χ3v) is 4.99. The van der Waals surface area contributed by atoms with E-state index in [2.05, 4.69) is 15.9 Å². The summed E-state index contributed by atoms with van der Waals surface area (Å²) >= 11 is 3.13. The van der Waals surface area contributed by atoms with Crippen LogP contribution in [0.2, 0.25) is 0 Å². The molecule has 0 fully saturated rings. The van der Waals surface area contributed by atoms with Crippen molar-refractivity contribution < 1.29 is 19.1 Å². The Hall–Kier alpha value is -2.15. The molecule has 2 aliphatic rings. The van der Waals surface area contributed by atoms with E-state index in [1.165, 1.54) is 23.1 Å². The maximum Gasteiger partial charge on any atom is 0.183 e. The molecule has 3 N–H and O–H groups in total. The number of anilines is 1. The van der Waals surface area contributed by atoms with Gasteiger partial charge in [-0.2, -0.15) is 0 Å². The summed E-state index contributed by atoms with van der Waals surface area (Å²) in [4.78, 5) is 26.5. The number of hydrogen-bond acceptors (Lipinski definition) is 5. The van der Waals surface area contributed by atoms with Gasteiger partial charge in [0, 0.05) is 30.6 Å². The minimum atomic E-state index is -0.464. The average Bonchev–Trinajstić information content (AvgIpc) is 2.55. The van der Waals surface area contributed by atoms with Crippen molar-refractivity contribution in [2.75, 3.05) is 4.90 Å². The molecule has 0 saturated carbocycles. The molecular weight excluding hydrogens is 391 g/mol. The molecule has 0 amide bonds. The highest BCUT2D eigenvalue weighted by molar-refractivity contribution is 9.10. The molecule has 0 saturated heterocycles. The van der Waals surface area contributed by atoms with Gasteiger partial charge in [-0.3, -0.25) is 14.5 Å². The SMILES string of the molecule is NC1=C(N(C2=C(O)CCCC2=O)c2ccc(F)c(Br)c2)C(=O)CCC1. The fourth-order valence-electron chi connectivity index (χ4n) is 3.19. The van der Waals surface area contributed by atoms with Crippen molar-refractivity contribution in [3.8, 4) is 0 Å². The van der Waals surface area contributed by atoms with Gasteiger partial charge in [0.2, 0.25) is 0 Å². The van der Waals surface area contributed by atoms with Gasteiger partial charge in [0.05, 0.1) is 4.47 Å². The van der Waals surface area contributed by atoms with Crippen LogP contribution < -0.4 is 10.6 Å². The van der Waals surface area contributed by atoms with Gasteiger partial charge in [-0.15, -0.1) is 0 Å². The van der Waals surface area contributed by atoms with Crippen LogP contribution in [0.1, 0.15) is 38.5 Å². The lowest BCUT2D eigenvalue weighted by molar-refractivity contribution is -0.116. The number of nitrogens with two attached hydrogens (primary N) is 1. The number of halogens is 2. The Morgan fingerprint density at radius 1 is 1.04 bits per heavy atom. The first-order valence-corrected chi connectivity index (χ1v) is 8.91. The van der Waals surface area contributed by atoms with Crippen LogP contribution >= 0.6 is 15.9 Å². The number of aliphatic hydroxyl groups excluding tert-OH is 1. The fourth-order valence-corrected chi connectivity index (χ4v) is 3.55. The van der Waals surface area contributed by atoms with Crippen molar-refractivity contribution in [2.24, 2.45) is 5.73 Å². The molecule has 3 rings (SSSR count). The molecular formula is C18H18BrFN2O3. The Kier molecular flexibility index (Phi) is 4.94. The summed E-state index contributed by atoms with van der Waals surface area (Å²) in [6, 6.07) is 4.17. The number of Topliss-reactive ketones (excluding diaryl/α,β-unsaturated/α-hetero) is 2. The van der Waals surface area contributed by atoms with E-state index >= 15 is 0 Å². The van der Waals surface area contributed by atoms with E-state index in [4.69, 9.17) is 5.73 Å². The van der Waals surface area contributed by atoms with E-state index in [-0.39, 0.29) is 39.6 Å². The summed E-state index contributed by atoms with van der Waals surface area (Å²) in [5.74, 6) is -0.991. The number of rotatable bonds is 3. The molecule has 7 heteroatoms. The largest absolute Gasteiger partial charge is 0.510 e. The van der Waals surface area contributed by atoms with Crippen molar-refractivity contribution in [2.45, 2.75) is 38.5 Å². The smallest absolute Gasteiger partial charge is 0.183 e. The maximum absolute atomic E-state index is 13.7. The van der Waals surface area contributed by atoms with E-state index in [9.17, 15) is 19.1 Å². The van der Waals surface area contributed by atoms with Crippen molar-refractivity contribution in [3.05, 3.63) is 51.3 Å². The van der Waals surface area contributed by atoms with Crippen molar-refractivity contribution >= 4 is 33.2 Å². The Bertz CT molecular complexity index is 775. The van der Waals surface area contributed by atoms with Gasteiger partial charge in [0.25, 0.3) is 0 Å². The Labute approximate surface area is 153 Å². The molecule has 132 valence electrons. The maximum atomic E-state index is 13.7. The second-order valence-corrected chi connectivity index (χ2v) is 7.01. The van der Waals surface area contributed by atoms with Crippen LogP contribution in [0.3, 0.4) is 0 Å². The number of ketones is 2. The standard InChI is InChI=1S/C18H18BrFN2O3/c19-11-9-10(7-8-12(11)20)22(17-13(21)3-1-4-14(17)23)18-15(24)5-2-6-16(18)25/h7-9,24H,1-6,21H2. The number of hydrogen-bond donors (Lipinski definition) is 2. The van der Waals surface area contributed by atoms with Crippen LogP contribution in [0, 0.1) is 5.82 Å². The van der Waals surface area contributed by atoms with Gasteiger partial charge in [0.15, 0.2) is 11.6 Å². The zero-order valence-electron chi connectivity index (χ0n) is 13.5. The summed E-state index contributed by atoms with van der Waals surface area (Å²) in [6.45, 7) is 0. The summed E-state index contributed by atoms with van der Waals surface area (Å²) in [6.07, 6.45) is 2.67. The lowest BCUT2D eigenvalue weighted by Gasteiger charge is -2.33. The van der Waals surface area contributed by atoms with Gasteiger partial charge in [0.1, 0.15) is 23.0 Å². The molecule has 0 aromatic heterocycles. The third kappa shape index (κ3) is 3.33. The summed E-state index contributed by atoms with van der Waals surface area (Å²) in [7, 11) is 0. The normalized spacial score (nSPS) is 18.8. The Balaban J connectivity index is 2.23. The fraction of sp³-hybridized carbons (Fsp3) is 0.333. The predicted octanol–water partition coefficient (Wildman–Crippen LogP) is 3.84. The van der Waals surface area contributed by atoms with Gasteiger partial charge in [-0.05, 0) is 53.4 Å². The van der Waals surface area contributed by atoms with Crippen LogP contribution in [0.4, 0.5) is 10.1 Å². The van der Waals surface area contributed by atoms with Gasteiger partial charge in [-0.25, -0.2) is 4.39 Å². The first kappa shape index (κ1) is 17.7. The monoisotopic (exact) mass is 408 g/mol. The highest BCUT2D eigenvalue weighted by atomic mass is 79.9. The second-order valence-electron chi connectivity index (χ2n) is 6.16. The van der Waals surface area contributed by atoms with Gasteiger partial charge < -0.3 is 10.8 Å². The molecule has 0 bridgehead atoms. The number of benzene rings is 1. The molecule has 0 atom stereocenters. The lowest BCUT2D eigenvalue weighted by atomic mass is 9.95. The number of carbonyl (C=O) groups is 2. The number of allylic oxidation sites excluding steroid dienone is 4. The summed E-state index contributed by atoms with van der Waals surface area (Å²) < 4.78 is 13.9. The third-order valence-electron chi connectivity index (χ3n) is 4.38. The van der Waals surface area contributed by atoms with Crippen molar-refractivity contribution in [1.82, 2.24) is 0 Å². The van der Waals surface area contributed by atoms with Crippen LogP contribution in [-0.4, -0.2) is 16.7 Å². The van der Waals surface area contributed by atoms with Gasteiger partial charge in [-0.1, -0.05) is 0 Å². The Morgan fingerprint density at radius 3 is 2.28 bits per heavy atom. The zero-order chi connectivity index (χ0) is 18.1. The van der Waals surface area contributed by atoms with Crippen LogP contribution in [0.25, 0.3) is 0 Å². The topological polar surface area (TPSA) is 83.6 Å². The average molecular weight is 409 g/mol. The Morgan fingerprint density at radius 2 is 1.68 bits per heavy atom. The molecule has 0 heterocycles. The molecule has 1 aromatic rings. The molecule has 0 aliphatic heterocycles. The highest BCUT2D eigenvalue weighted by Crippen LogP contribution is 2.36. The minimum absolute atomic E-state index is 0.0537. The lowest BCUT2D eigenvalue weighted by Crippen LogP contribution is -2.37. The van der Waals surface area contributed by atoms with Crippen molar-refractivity contribution in [1.29, 1.82) is 0 Å². The van der Waals surface area contributed by atoms with Crippen LogP contribution in [0.15, 0.2) is 45.5 Å². The van der Waals surface area contributed by atoms with Crippen LogP contribution in [-0.2, 0) is 9.59 Å². The highest BCUT2D eigenvalue weighted by Gasteiger charge is 2.34. The van der Waals surface area contributed by atoms with Crippen molar-refractivity contribution in [3.63, 3.8) is 0 Å². The molecule has 2 aliphatic carbocycles. The second kappa shape index (κ2) is 7.00. The summed E-state index contributed by atoms with van der Waals surface area (Å²) in [5.41, 5.74) is 7.11. The first-order valence-electron chi connectivity index (χ1n) is 8.12. The van der Waals surface area contributed by atoms with E-state index in [0.717, 1.165) is 0 Å². The predicted molar refractivity (Wildman–Crippen MR) is 95.2 cm³/mol. The quantitative estimate of drug-likeness (QED) is 0.793. The molecule has 0 unspecified atom stereocenters. The zero-order valence-corrected chi connectivity index (χ0v) is 15.1. The number of aliphatic hydroxyl groups is 1. The number of nitrogens with zero attached hydrogens (tertiary/aromatic N) is 1. The van der Waals surface area contributed by atoms with Gasteiger partial charge >= 0.3 is 0 Å². The van der Waals surface area contributed by atoms with Crippen LogP contribution in [0.5, 0.6) is 0 Å². The minimum Gasteiger partial charge on any atom is -0.510 e. The molecule has 0 spiro atoms. The van der Waals surface area contributed by atoms with E-state index in [0.29, 0.717) is 43.5 Å². The molecule has 25 heavy (non-hydrogen) atoms. The summed E-state index contributed by atoms with van der Waals surface area (Å²) in [5, 5.41) is 10.4. The first-order chi connectivity index (χ1) is 11.9. The van der Waals surface area contributed by atoms with E-state index < -0.39 is 5.82 Å². The molecule has 5 nitrogen and oxygen atoms in total. The number of carbonyl (C=O) groups excluding carboxylic acids is 2. The van der Waals surface area contributed by atoms with E-state index in [1.807, 2.05) is 0 Å². The molecule has 1 aromatic carbocycles. The van der Waals surface area contributed by atoms with E-state index in [1.54, 1.807) is 0 Å².